The van der Waals surface area contributed by atoms with Crippen LogP contribution in [0.25, 0.3) is 0 Å². The Hall–Kier alpha value is -0.950. The molecule has 78 valence electrons. The maximum Gasteiger partial charge on any atom is 0.320 e. The van der Waals surface area contributed by atoms with Gasteiger partial charge in [0.2, 0.25) is 0 Å². The number of nitrogens with one attached hydrogen (secondary N) is 2. The lowest BCUT2D eigenvalue weighted by molar-refractivity contribution is -0.138. The molecule has 0 heterocycles. The van der Waals surface area contributed by atoms with Crippen molar-refractivity contribution in [1.82, 2.24) is 5.32 Å². The summed E-state index contributed by atoms with van der Waals surface area (Å²) in [6.45, 7) is 0.482. The molecule has 0 aromatic carbocycles. The lowest BCUT2D eigenvalue weighted by Crippen LogP contribution is -2.34. The van der Waals surface area contributed by atoms with E-state index in [2.05, 4.69) is 5.32 Å². The fraction of sp³-hybridized carbons (Fsp3) is 0.667. The van der Waals surface area contributed by atoms with Crippen molar-refractivity contribution < 1.29 is 9.90 Å². The predicted octanol–water partition coefficient (Wildman–Crippen LogP) is -1.23. The molecule has 1 atom stereocenters. The fourth-order valence-corrected chi connectivity index (χ4v) is 0.669. The number of carbonyl (C=O) groups is 1. The van der Waals surface area contributed by atoms with E-state index in [1.807, 2.05) is 0 Å². The van der Waals surface area contributed by atoms with Gasteiger partial charge in [-0.25, -0.2) is 0 Å². The molecule has 0 bridgehead atoms. The van der Waals surface area contributed by atoms with Crippen LogP contribution in [-0.2, 0) is 4.79 Å². The van der Waals surface area contributed by atoms with Crippen LogP contribution in [0.4, 0.5) is 0 Å². The van der Waals surface area contributed by atoms with Crippen molar-refractivity contribution in [2.75, 3.05) is 6.54 Å². The van der Waals surface area contributed by atoms with Crippen LogP contribution >= 0.6 is 13.5 Å². The summed E-state index contributed by atoms with van der Waals surface area (Å²) in [5, 5.41) is 17.7. The lowest BCUT2D eigenvalue weighted by Gasteiger charge is -2.06. The van der Waals surface area contributed by atoms with Gasteiger partial charge in [0.25, 0.3) is 0 Å². The zero-order valence-electron chi connectivity index (χ0n) is 7.21. The molecule has 13 heavy (non-hydrogen) atoms. The monoisotopic (exact) mass is 208 g/mol. The smallest absolute Gasteiger partial charge is 0.320 e. The Labute approximate surface area is 83.6 Å². The maximum atomic E-state index is 10.2. The molecule has 1 unspecified atom stereocenters. The Morgan fingerprint density at radius 3 is 2.54 bits per heavy atom. The topological polar surface area (TPSA) is 125 Å². The van der Waals surface area contributed by atoms with Gasteiger partial charge in [0.05, 0.1) is 0 Å². The van der Waals surface area contributed by atoms with Gasteiger partial charge in [0.1, 0.15) is 6.04 Å². The highest BCUT2D eigenvalue weighted by atomic mass is 32.1. The molecule has 7 heteroatoms. The summed E-state index contributed by atoms with van der Waals surface area (Å²) in [4.78, 5) is 10.2. The average Bonchev–Trinajstić information content (AvgIpc) is 1.97. The van der Waals surface area contributed by atoms with Gasteiger partial charge in [-0.05, 0) is 12.8 Å². The van der Waals surface area contributed by atoms with Gasteiger partial charge in [-0.3, -0.25) is 10.2 Å². The SMILES string of the molecule is N=C(N)NCCCC(N)C(=O)O.S. The van der Waals surface area contributed by atoms with Crippen LogP contribution in [0.15, 0.2) is 0 Å². The second-order valence-corrected chi connectivity index (χ2v) is 2.43. The van der Waals surface area contributed by atoms with Gasteiger partial charge in [0.15, 0.2) is 5.96 Å². The van der Waals surface area contributed by atoms with Gasteiger partial charge in [0, 0.05) is 6.54 Å². The molecule has 0 spiro atoms. The Balaban J connectivity index is 0. The van der Waals surface area contributed by atoms with Gasteiger partial charge >= 0.3 is 5.97 Å². The van der Waals surface area contributed by atoms with Crippen LogP contribution in [0, 0.1) is 5.41 Å². The van der Waals surface area contributed by atoms with E-state index in [0.717, 1.165) is 0 Å². The van der Waals surface area contributed by atoms with Gasteiger partial charge in [-0.15, -0.1) is 0 Å². The summed E-state index contributed by atoms with van der Waals surface area (Å²) in [7, 11) is 0. The van der Waals surface area contributed by atoms with Crippen molar-refractivity contribution in [2.45, 2.75) is 18.9 Å². The summed E-state index contributed by atoms with van der Waals surface area (Å²) in [6.07, 6.45) is 0.975. The molecule has 0 fully saturated rings. The third kappa shape index (κ3) is 8.96. The standard InChI is InChI=1S/C6H14N4O2.H2S/c7-4(5(11)12)2-1-3-10-6(8)9;/h4H,1-3,7H2,(H,11,12)(H4,8,9,10);1H2. The van der Waals surface area contributed by atoms with Crippen molar-refractivity contribution >= 4 is 25.4 Å². The molecule has 0 rings (SSSR count). The van der Waals surface area contributed by atoms with Crippen LogP contribution in [0.5, 0.6) is 0 Å². The number of carboxylic acid groups (broad SMARTS) is 1. The van der Waals surface area contributed by atoms with E-state index in [0.29, 0.717) is 19.4 Å². The first-order valence-corrected chi connectivity index (χ1v) is 3.60. The molecular formula is C6H16N4O2S. The first-order chi connectivity index (χ1) is 5.54. The van der Waals surface area contributed by atoms with E-state index in [-0.39, 0.29) is 19.5 Å². The summed E-state index contributed by atoms with van der Waals surface area (Å²) in [5.41, 5.74) is 10.2. The number of guanidine groups is 1. The predicted molar refractivity (Wildman–Crippen MR) is 55.1 cm³/mol. The average molecular weight is 208 g/mol. The molecule has 0 aromatic heterocycles. The molecule has 6 nitrogen and oxygen atoms in total. The molecule has 0 saturated carbocycles. The van der Waals surface area contributed by atoms with Crippen molar-refractivity contribution in [3.8, 4) is 0 Å². The molecular weight excluding hydrogens is 192 g/mol. The molecule has 0 aliphatic heterocycles. The zero-order valence-corrected chi connectivity index (χ0v) is 8.21. The third-order valence-electron chi connectivity index (χ3n) is 1.32. The van der Waals surface area contributed by atoms with Gasteiger partial charge in [-0.1, -0.05) is 0 Å². The van der Waals surface area contributed by atoms with Crippen LogP contribution in [-0.4, -0.2) is 29.6 Å². The van der Waals surface area contributed by atoms with E-state index in [4.69, 9.17) is 22.0 Å². The van der Waals surface area contributed by atoms with Crippen LogP contribution in [0.1, 0.15) is 12.8 Å². The summed E-state index contributed by atoms with van der Waals surface area (Å²) < 4.78 is 0. The number of nitrogens with two attached hydrogens (primary N) is 2. The minimum Gasteiger partial charge on any atom is -0.480 e. The Morgan fingerprint density at radius 1 is 1.62 bits per heavy atom. The van der Waals surface area contributed by atoms with Gasteiger partial charge in [-0.2, -0.15) is 13.5 Å². The van der Waals surface area contributed by atoms with Gasteiger partial charge < -0.3 is 21.9 Å². The number of aliphatic carboxylic acids is 1. The molecule has 7 N–H and O–H groups in total. The highest BCUT2D eigenvalue weighted by molar-refractivity contribution is 7.59. The molecule has 0 aromatic rings. The van der Waals surface area contributed by atoms with E-state index in [1.54, 1.807) is 0 Å². The first kappa shape index (κ1) is 14.6. The van der Waals surface area contributed by atoms with E-state index in [9.17, 15) is 4.79 Å². The largest absolute Gasteiger partial charge is 0.480 e. The highest BCUT2D eigenvalue weighted by Gasteiger charge is 2.09. The number of hydrogen-bond acceptors (Lipinski definition) is 3. The number of hydrogen-bond donors (Lipinski definition) is 5. The van der Waals surface area contributed by atoms with E-state index in [1.165, 1.54) is 0 Å². The molecule has 0 aliphatic rings. The minimum atomic E-state index is -1.00. The quantitative estimate of drug-likeness (QED) is 0.220. The fourth-order valence-electron chi connectivity index (χ4n) is 0.669. The number of carboxylic acids is 1. The third-order valence-corrected chi connectivity index (χ3v) is 1.32. The summed E-state index contributed by atoms with van der Waals surface area (Å²) >= 11 is 0. The summed E-state index contributed by atoms with van der Waals surface area (Å²) in [5.74, 6) is -1.11. The minimum absolute atomic E-state index is 0. The van der Waals surface area contributed by atoms with Crippen molar-refractivity contribution in [1.29, 1.82) is 5.41 Å². The highest BCUT2D eigenvalue weighted by Crippen LogP contribution is 1.92. The second kappa shape index (κ2) is 7.69. The van der Waals surface area contributed by atoms with E-state index < -0.39 is 12.0 Å². The lowest BCUT2D eigenvalue weighted by atomic mass is 10.2. The Morgan fingerprint density at radius 2 is 2.15 bits per heavy atom. The molecule has 0 radical (unpaired) electrons. The zero-order chi connectivity index (χ0) is 9.56. The number of rotatable bonds is 5. The van der Waals surface area contributed by atoms with Crippen LogP contribution < -0.4 is 16.8 Å². The molecule has 0 aliphatic carbocycles. The van der Waals surface area contributed by atoms with Crippen LogP contribution in [0.3, 0.4) is 0 Å². The van der Waals surface area contributed by atoms with Crippen molar-refractivity contribution in [3.05, 3.63) is 0 Å². The summed E-state index contributed by atoms with van der Waals surface area (Å²) in [6, 6.07) is -0.821. The Kier molecular flexibility index (Phi) is 8.61. The van der Waals surface area contributed by atoms with E-state index >= 15 is 0 Å². The second-order valence-electron chi connectivity index (χ2n) is 2.43. The van der Waals surface area contributed by atoms with Crippen molar-refractivity contribution in [2.24, 2.45) is 11.5 Å². The van der Waals surface area contributed by atoms with Crippen molar-refractivity contribution in [3.63, 3.8) is 0 Å². The first-order valence-electron chi connectivity index (χ1n) is 3.60. The maximum absolute atomic E-state index is 10.2. The Bertz CT molecular complexity index is 176. The molecule has 0 saturated heterocycles. The molecule has 0 amide bonds. The normalized spacial score (nSPS) is 11.2. The van der Waals surface area contributed by atoms with Crippen LogP contribution in [0.2, 0.25) is 0 Å².